The van der Waals surface area contributed by atoms with Gasteiger partial charge in [0.15, 0.2) is 10.8 Å². The van der Waals surface area contributed by atoms with Crippen molar-refractivity contribution >= 4 is 44.5 Å². The number of rotatable bonds is 11. The van der Waals surface area contributed by atoms with E-state index in [2.05, 4.69) is 22.1 Å². The standard InChI is InChI=1S/C21H26N4O5S/c1-5-24(10-6-7-11-30-16(4)27)17-8-9-19(14(2)12-17)22-23-21-18(15(3)26)13-20(31-21)25(28)29/h8-9,12-13H,5-7,10-11H2,1-4H3. The SMILES string of the molecule is CCN(CCCCOC(C)=O)c1ccc(N=Nc2sc([N+](=O)[O-])cc2C(C)=O)c(C)c1. The van der Waals surface area contributed by atoms with Crippen molar-refractivity contribution in [1.29, 1.82) is 0 Å². The predicted molar refractivity (Wildman–Crippen MR) is 120 cm³/mol. The van der Waals surface area contributed by atoms with Crippen LogP contribution in [0, 0.1) is 17.0 Å². The molecule has 2 aromatic rings. The summed E-state index contributed by atoms with van der Waals surface area (Å²) in [5.41, 5.74) is 2.76. The van der Waals surface area contributed by atoms with Gasteiger partial charge in [0.2, 0.25) is 0 Å². The highest BCUT2D eigenvalue weighted by atomic mass is 32.1. The molecule has 9 nitrogen and oxygen atoms in total. The number of hydrogen-bond donors (Lipinski definition) is 0. The van der Waals surface area contributed by atoms with E-state index in [1.165, 1.54) is 19.9 Å². The van der Waals surface area contributed by atoms with Crippen LogP contribution in [0.2, 0.25) is 0 Å². The van der Waals surface area contributed by atoms with Crippen LogP contribution in [0.4, 0.5) is 21.4 Å². The Hall–Kier alpha value is -3.14. The zero-order valence-corrected chi connectivity index (χ0v) is 18.9. The van der Waals surface area contributed by atoms with Gasteiger partial charge in [0.25, 0.3) is 0 Å². The first-order chi connectivity index (χ1) is 14.7. The first-order valence-corrected chi connectivity index (χ1v) is 10.7. The highest BCUT2D eigenvalue weighted by Crippen LogP contribution is 2.37. The molecule has 0 bridgehead atoms. The second-order valence-corrected chi connectivity index (χ2v) is 7.92. The number of thiophene rings is 1. The number of Topliss-reactive ketones (excluding diaryl/α,β-unsaturated/α-hetero) is 1. The summed E-state index contributed by atoms with van der Waals surface area (Å²) in [5, 5.41) is 19.4. The van der Waals surface area contributed by atoms with Crippen molar-refractivity contribution in [2.75, 3.05) is 24.6 Å². The van der Waals surface area contributed by atoms with E-state index in [4.69, 9.17) is 4.74 Å². The fourth-order valence-electron chi connectivity index (χ4n) is 2.92. The normalized spacial score (nSPS) is 11.0. The molecule has 166 valence electrons. The molecule has 0 radical (unpaired) electrons. The third-order valence-electron chi connectivity index (χ3n) is 4.56. The summed E-state index contributed by atoms with van der Waals surface area (Å²) in [6.07, 6.45) is 1.69. The number of nitro groups is 1. The van der Waals surface area contributed by atoms with Gasteiger partial charge in [-0.1, -0.05) is 0 Å². The highest BCUT2D eigenvalue weighted by molar-refractivity contribution is 7.19. The lowest BCUT2D eigenvalue weighted by Crippen LogP contribution is -2.24. The van der Waals surface area contributed by atoms with Crippen LogP contribution in [0.3, 0.4) is 0 Å². The smallest absolute Gasteiger partial charge is 0.326 e. The van der Waals surface area contributed by atoms with E-state index in [0.717, 1.165) is 48.5 Å². The van der Waals surface area contributed by atoms with E-state index in [9.17, 15) is 19.7 Å². The largest absolute Gasteiger partial charge is 0.466 e. The second-order valence-electron chi connectivity index (χ2n) is 6.91. The summed E-state index contributed by atoms with van der Waals surface area (Å²) >= 11 is 0.828. The topological polar surface area (TPSA) is 114 Å². The molecule has 0 amide bonds. The van der Waals surface area contributed by atoms with Gasteiger partial charge in [-0.15, -0.1) is 10.2 Å². The van der Waals surface area contributed by atoms with Gasteiger partial charge in [0, 0.05) is 31.8 Å². The van der Waals surface area contributed by atoms with E-state index in [1.54, 1.807) is 0 Å². The zero-order valence-electron chi connectivity index (χ0n) is 18.1. The van der Waals surface area contributed by atoms with Crippen LogP contribution < -0.4 is 4.90 Å². The van der Waals surface area contributed by atoms with E-state index in [1.807, 2.05) is 25.1 Å². The lowest BCUT2D eigenvalue weighted by molar-refractivity contribution is -0.380. The zero-order chi connectivity index (χ0) is 23.0. The Morgan fingerprint density at radius 1 is 1.19 bits per heavy atom. The van der Waals surface area contributed by atoms with Gasteiger partial charge in [-0.25, -0.2) is 0 Å². The minimum absolute atomic E-state index is 0.140. The molecular formula is C21H26N4O5S. The number of carbonyl (C=O) groups is 2. The molecule has 31 heavy (non-hydrogen) atoms. The summed E-state index contributed by atoms with van der Waals surface area (Å²) in [4.78, 5) is 35.2. The summed E-state index contributed by atoms with van der Waals surface area (Å²) in [5.74, 6) is -0.557. The minimum atomic E-state index is -0.540. The third-order valence-corrected chi connectivity index (χ3v) is 5.53. The molecule has 0 aliphatic rings. The number of anilines is 1. The van der Waals surface area contributed by atoms with Crippen LogP contribution >= 0.6 is 11.3 Å². The van der Waals surface area contributed by atoms with E-state index in [-0.39, 0.29) is 27.3 Å². The molecule has 0 spiro atoms. The van der Waals surface area contributed by atoms with Crippen LogP contribution in [-0.2, 0) is 9.53 Å². The summed E-state index contributed by atoms with van der Waals surface area (Å²) in [6, 6.07) is 7.02. The maximum absolute atomic E-state index is 11.7. The first kappa shape index (κ1) is 24.1. The highest BCUT2D eigenvalue weighted by Gasteiger charge is 2.19. The van der Waals surface area contributed by atoms with Crippen LogP contribution in [-0.4, -0.2) is 36.4 Å². The van der Waals surface area contributed by atoms with Crippen LogP contribution in [0.1, 0.15) is 49.5 Å². The third kappa shape index (κ3) is 6.95. The summed E-state index contributed by atoms with van der Waals surface area (Å²) in [6.45, 7) is 8.82. The van der Waals surface area contributed by atoms with Gasteiger partial charge < -0.3 is 9.64 Å². The van der Waals surface area contributed by atoms with Crippen molar-refractivity contribution in [3.8, 4) is 0 Å². The van der Waals surface area contributed by atoms with E-state index >= 15 is 0 Å². The molecule has 2 rings (SSSR count). The molecule has 1 heterocycles. The van der Waals surface area contributed by atoms with Crippen molar-refractivity contribution in [1.82, 2.24) is 0 Å². The van der Waals surface area contributed by atoms with Crippen LogP contribution in [0.25, 0.3) is 0 Å². The first-order valence-electron chi connectivity index (χ1n) is 9.92. The van der Waals surface area contributed by atoms with E-state index in [0.29, 0.717) is 12.3 Å². The Morgan fingerprint density at radius 3 is 2.52 bits per heavy atom. The molecule has 0 aliphatic heterocycles. The molecule has 0 unspecified atom stereocenters. The van der Waals surface area contributed by atoms with Gasteiger partial charge in [-0.05, 0) is 68.7 Å². The minimum Gasteiger partial charge on any atom is -0.466 e. The molecule has 0 saturated carbocycles. The van der Waals surface area contributed by atoms with Crippen molar-refractivity contribution in [2.24, 2.45) is 10.2 Å². The molecule has 0 aliphatic carbocycles. The fourth-order valence-corrected chi connectivity index (χ4v) is 3.77. The lowest BCUT2D eigenvalue weighted by atomic mass is 10.1. The van der Waals surface area contributed by atoms with E-state index < -0.39 is 4.92 Å². The second kappa shape index (κ2) is 11.3. The molecule has 0 atom stereocenters. The monoisotopic (exact) mass is 446 g/mol. The molecular weight excluding hydrogens is 420 g/mol. The number of ketones is 1. The number of ether oxygens (including phenoxy) is 1. The number of azo groups is 1. The quantitative estimate of drug-likeness (QED) is 0.108. The van der Waals surface area contributed by atoms with Crippen molar-refractivity contribution < 1.29 is 19.2 Å². The summed E-state index contributed by atoms with van der Waals surface area (Å²) in [7, 11) is 0. The Labute approximate surface area is 184 Å². The number of aryl methyl sites for hydroxylation is 1. The van der Waals surface area contributed by atoms with Crippen LogP contribution in [0.5, 0.6) is 0 Å². The molecule has 1 aromatic heterocycles. The van der Waals surface area contributed by atoms with Crippen LogP contribution in [0.15, 0.2) is 34.5 Å². The van der Waals surface area contributed by atoms with Gasteiger partial charge in [0.1, 0.15) is 0 Å². The number of carbonyl (C=O) groups excluding carboxylic acids is 2. The number of unbranched alkanes of at least 4 members (excludes halogenated alkanes) is 1. The Kier molecular flexibility index (Phi) is 8.80. The lowest BCUT2D eigenvalue weighted by Gasteiger charge is -2.23. The number of nitrogens with zero attached hydrogens (tertiary/aromatic N) is 4. The molecule has 0 fully saturated rings. The Balaban J connectivity index is 2.10. The fraction of sp³-hybridized carbons (Fsp3) is 0.429. The molecule has 0 N–H and O–H groups in total. The van der Waals surface area contributed by atoms with Crippen molar-refractivity contribution in [3.05, 3.63) is 45.5 Å². The molecule has 1 aromatic carbocycles. The summed E-state index contributed by atoms with van der Waals surface area (Å²) < 4.78 is 4.96. The predicted octanol–water partition coefficient (Wildman–Crippen LogP) is 5.75. The maximum atomic E-state index is 11.7. The van der Waals surface area contributed by atoms with Crippen molar-refractivity contribution in [3.63, 3.8) is 0 Å². The van der Waals surface area contributed by atoms with Crippen molar-refractivity contribution in [2.45, 2.75) is 40.5 Å². The maximum Gasteiger partial charge on any atom is 0.326 e. The Morgan fingerprint density at radius 2 is 1.94 bits per heavy atom. The number of esters is 1. The number of hydrogen-bond acceptors (Lipinski definition) is 9. The Bertz CT molecular complexity index is 986. The average Bonchev–Trinajstić information content (AvgIpc) is 3.14. The van der Waals surface area contributed by atoms with Gasteiger partial charge in [-0.2, -0.15) is 0 Å². The van der Waals surface area contributed by atoms with Gasteiger partial charge >= 0.3 is 11.0 Å². The van der Waals surface area contributed by atoms with Gasteiger partial charge in [0.05, 0.1) is 22.8 Å². The number of benzene rings is 1. The molecule has 0 saturated heterocycles. The molecule has 10 heteroatoms. The average molecular weight is 447 g/mol. The van der Waals surface area contributed by atoms with Gasteiger partial charge in [-0.3, -0.25) is 19.7 Å².